The summed E-state index contributed by atoms with van der Waals surface area (Å²) in [6.45, 7) is 3.82. The fourth-order valence-electron chi connectivity index (χ4n) is 5.31. The minimum absolute atomic E-state index is 0.0293. The van der Waals surface area contributed by atoms with Crippen LogP contribution >= 0.6 is 0 Å². The van der Waals surface area contributed by atoms with Crippen molar-refractivity contribution in [3.8, 4) is 0 Å². The summed E-state index contributed by atoms with van der Waals surface area (Å²) < 4.78 is 15.3. The quantitative estimate of drug-likeness (QED) is 0.621. The molecule has 1 saturated heterocycles. The largest absolute Gasteiger partial charge is 0.481 e. The first-order valence-corrected chi connectivity index (χ1v) is 10.2. The van der Waals surface area contributed by atoms with Gasteiger partial charge in [-0.2, -0.15) is 0 Å². The molecule has 1 aromatic carbocycles. The van der Waals surface area contributed by atoms with E-state index in [0.29, 0.717) is 42.0 Å². The predicted octanol–water partition coefficient (Wildman–Crippen LogP) is 2.46. The molecule has 2 aliphatic heterocycles. The Morgan fingerprint density at radius 3 is 2.90 bits per heavy atom. The van der Waals surface area contributed by atoms with Crippen molar-refractivity contribution in [2.45, 2.75) is 25.4 Å². The van der Waals surface area contributed by atoms with Gasteiger partial charge in [0.2, 0.25) is 0 Å². The number of aromatic nitrogens is 1. The summed E-state index contributed by atoms with van der Waals surface area (Å²) in [5.74, 6) is -1.69. The number of nitrogens with one attached hydrogen (secondary N) is 3. The summed E-state index contributed by atoms with van der Waals surface area (Å²) in [7, 11) is 0. The molecule has 3 unspecified atom stereocenters. The van der Waals surface area contributed by atoms with E-state index in [1.807, 2.05) is 19.1 Å². The maximum atomic E-state index is 15.3. The Hall–Kier alpha value is -2.97. The number of hydrogen-bond donors (Lipinski definition) is 4. The van der Waals surface area contributed by atoms with Gasteiger partial charge >= 0.3 is 5.97 Å². The molecule has 1 aromatic heterocycles. The van der Waals surface area contributed by atoms with Crippen LogP contribution in [0.3, 0.4) is 0 Å². The number of piperazine rings is 1. The average molecular weight is 410 g/mol. The molecule has 1 amide bonds. The van der Waals surface area contributed by atoms with Gasteiger partial charge in [-0.25, -0.2) is 4.39 Å². The summed E-state index contributed by atoms with van der Waals surface area (Å²) in [4.78, 5) is 29.7. The standard InChI is InChI=1S/C22H23FN4O3/c1-11-17(14-3-2-6-25-14)20-19-15(26-22(20)30)5-4-13(23)18(19)21(11)27-8-7-24-10-12(27)9-16(28)29/h2-6,11-12,21,24-25H,7-10H2,1H3,(H,26,30)(H,28,29). The van der Waals surface area contributed by atoms with Gasteiger partial charge in [-0.1, -0.05) is 6.92 Å². The zero-order chi connectivity index (χ0) is 21.0. The first kappa shape index (κ1) is 19.0. The third kappa shape index (κ3) is 2.79. The lowest BCUT2D eigenvalue weighted by Gasteiger charge is -2.46. The molecule has 0 bridgehead atoms. The number of carbonyl (C=O) groups excluding carboxylic acids is 1. The van der Waals surface area contributed by atoms with E-state index >= 15 is 4.39 Å². The number of carbonyl (C=O) groups is 2. The molecule has 0 spiro atoms. The molecular formula is C22H23FN4O3. The van der Waals surface area contributed by atoms with Crippen LogP contribution in [0.5, 0.6) is 0 Å². The molecule has 156 valence electrons. The third-order valence-electron chi connectivity index (χ3n) is 6.46. The lowest BCUT2D eigenvalue weighted by atomic mass is 9.73. The summed E-state index contributed by atoms with van der Waals surface area (Å²) in [6.07, 6.45) is 1.77. The molecule has 2 aromatic rings. The van der Waals surface area contributed by atoms with Gasteiger partial charge in [0.25, 0.3) is 5.91 Å². The molecular weight excluding hydrogens is 387 g/mol. The van der Waals surface area contributed by atoms with E-state index in [0.717, 1.165) is 11.3 Å². The van der Waals surface area contributed by atoms with Gasteiger partial charge in [0.1, 0.15) is 5.82 Å². The van der Waals surface area contributed by atoms with Crippen LogP contribution in [0.2, 0.25) is 0 Å². The molecule has 1 aliphatic carbocycles. The van der Waals surface area contributed by atoms with Gasteiger partial charge < -0.3 is 20.7 Å². The van der Waals surface area contributed by atoms with Crippen molar-refractivity contribution in [1.29, 1.82) is 0 Å². The number of aliphatic carboxylic acids is 1. The second kappa shape index (κ2) is 7.07. The molecule has 4 N–H and O–H groups in total. The number of hydrogen-bond acceptors (Lipinski definition) is 4. The van der Waals surface area contributed by atoms with Crippen LogP contribution in [0.15, 0.2) is 30.5 Å². The van der Waals surface area contributed by atoms with Gasteiger partial charge in [0.05, 0.1) is 12.0 Å². The van der Waals surface area contributed by atoms with Crippen molar-refractivity contribution >= 4 is 28.7 Å². The minimum Gasteiger partial charge on any atom is -0.481 e. The summed E-state index contributed by atoms with van der Waals surface area (Å²) >= 11 is 0. The summed E-state index contributed by atoms with van der Waals surface area (Å²) in [5.41, 5.74) is 3.88. The fourth-order valence-corrected chi connectivity index (χ4v) is 5.31. The van der Waals surface area contributed by atoms with Gasteiger partial charge in [-0.15, -0.1) is 0 Å². The molecule has 3 atom stereocenters. The number of carboxylic acid groups (broad SMARTS) is 1. The van der Waals surface area contributed by atoms with E-state index in [1.165, 1.54) is 6.07 Å². The number of halogens is 1. The highest BCUT2D eigenvalue weighted by molar-refractivity contribution is 6.37. The van der Waals surface area contributed by atoms with E-state index in [2.05, 4.69) is 20.5 Å². The van der Waals surface area contributed by atoms with Crippen LogP contribution in [0, 0.1) is 11.7 Å². The second-order valence-corrected chi connectivity index (χ2v) is 8.14. The Labute approximate surface area is 173 Å². The highest BCUT2D eigenvalue weighted by Gasteiger charge is 2.46. The molecule has 0 saturated carbocycles. The van der Waals surface area contributed by atoms with Crippen LogP contribution in [-0.2, 0) is 9.59 Å². The first-order chi connectivity index (χ1) is 14.5. The van der Waals surface area contributed by atoms with Crippen LogP contribution < -0.4 is 10.6 Å². The number of benzene rings is 1. The Morgan fingerprint density at radius 1 is 1.33 bits per heavy atom. The fraction of sp³-hybridized carbons (Fsp3) is 0.364. The van der Waals surface area contributed by atoms with Crippen LogP contribution in [0.25, 0.3) is 11.1 Å². The van der Waals surface area contributed by atoms with Crippen LogP contribution in [0.4, 0.5) is 10.1 Å². The van der Waals surface area contributed by atoms with Gasteiger partial charge in [0, 0.05) is 66.3 Å². The molecule has 7 nitrogen and oxygen atoms in total. The Kier molecular flexibility index (Phi) is 4.48. The van der Waals surface area contributed by atoms with Crippen molar-refractivity contribution < 1.29 is 19.1 Å². The van der Waals surface area contributed by atoms with E-state index in [1.54, 1.807) is 12.3 Å². The zero-order valence-electron chi connectivity index (χ0n) is 16.5. The number of H-pyrrole nitrogens is 1. The maximum absolute atomic E-state index is 15.3. The number of aromatic amines is 1. The zero-order valence-corrected chi connectivity index (χ0v) is 16.5. The number of carboxylic acids is 1. The number of nitrogens with zero attached hydrogens (tertiary/aromatic N) is 1. The molecule has 3 heterocycles. The molecule has 0 radical (unpaired) electrons. The van der Waals surface area contributed by atoms with Crippen molar-refractivity contribution in [3.63, 3.8) is 0 Å². The van der Waals surface area contributed by atoms with E-state index in [4.69, 9.17) is 0 Å². The molecule has 3 aliphatic rings. The maximum Gasteiger partial charge on any atom is 0.304 e. The SMILES string of the molecule is CC1C(c2ccc[nH]2)=C2C(=O)Nc3ccc(F)c(c32)C1N1CCNCC1CC(=O)O. The van der Waals surface area contributed by atoms with E-state index in [9.17, 15) is 14.7 Å². The number of amides is 1. The molecule has 30 heavy (non-hydrogen) atoms. The van der Waals surface area contributed by atoms with Crippen molar-refractivity contribution in [3.05, 3.63) is 53.1 Å². The lowest BCUT2D eigenvalue weighted by molar-refractivity contribution is -0.139. The van der Waals surface area contributed by atoms with Gasteiger partial charge in [0.15, 0.2) is 0 Å². The Balaban J connectivity index is 1.73. The smallest absolute Gasteiger partial charge is 0.304 e. The average Bonchev–Trinajstić information content (AvgIpc) is 3.34. The first-order valence-electron chi connectivity index (χ1n) is 10.2. The van der Waals surface area contributed by atoms with E-state index in [-0.39, 0.29) is 36.1 Å². The van der Waals surface area contributed by atoms with Gasteiger partial charge in [-0.05, 0) is 29.8 Å². The summed E-state index contributed by atoms with van der Waals surface area (Å²) in [6, 6.07) is 6.14. The Bertz CT molecular complexity index is 1060. The van der Waals surface area contributed by atoms with Gasteiger partial charge in [-0.3, -0.25) is 14.5 Å². The van der Waals surface area contributed by atoms with Crippen molar-refractivity contribution in [2.24, 2.45) is 5.92 Å². The van der Waals surface area contributed by atoms with E-state index < -0.39 is 5.97 Å². The number of anilines is 1. The monoisotopic (exact) mass is 410 g/mol. The van der Waals surface area contributed by atoms with Crippen LogP contribution in [-0.4, -0.2) is 52.5 Å². The van der Waals surface area contributed by atoms with Crippen molar-refractivity contribution in [2.75, 3.05) is 25.0 Å². The normalized spacial score (nSPS) is 25.9. The molecule has 1 fully saturated rings. The van der Waals surface area contributed by atoms with Crippen molar-refractivity contribution in [1.82, 2.24) is 15.2 Å². The highest BCUT2D eigenvalue weighted by atomic mass is 19.1. The minimum atomic E-state index is -0.881. The van der Waals surface area contributed by atoms with Crippen LogP contribution in [0.1, 0.15) is 36.2 Å². The molecule has 8 heteroatoms. The highest BCUT2D eigenvalue weighted by Crippen LogP contribution is 2.53. The number of rotatable bonds is 4. The topological polar surface area (TPSA) is 97.5 Å². The lowest BCUT2D eigenvalue weighted by Crippen LogP contribution is -2.55. The molecule has 5 rings (SSSR count). The second-order valence-electron chi connectivity index (χ2n) is 8.14. The summed E-state index contributed by atoms with van der Waals surface area (Å²) in [5, 5.41) is 15.6. The predicted molar refractivity (Wildman–Crippen MR) is 110 cm³/mol. The Morgan fingerprint density at radius 2 is 2.17 bits per heavy atom. The third-order valence-corrected chi connectivity index (χ3v) is 6.46.